The van der Waals surface area contributed by atoms with E-state index in [0.29, 0.717) is 5.92 Å². The highest BCUT2D eigenvalue weighted by Gasteiger charge is 2.07. The van der Waals surface area contributed by atoms with Crippen LogP contribution in [0.25, 0.3) is 0 Å². The molecule has 0 saturated carbocycles. The largest absolute Gasteiger partial charge is 0.457 e. The summed E-state index contributed by atoms with van der Waals surface area (Å²) in [5, 5.41) is 0. The highest BCUT2D eigenvalue weighted by Crippen LogP contribution is 2.29. The minimum absolute atomic E-state index is 0.464. The number of ether oxygens (including phenoxy) is 1. The first-order valence-corrected chi connectivity index (χ1v) is 5.50. The van der Waals surface area contributed by atoms with Gasteiger partial charge in [-0.3, -0.25) is 0 Å². The van der Waals surface area contributed by atoms with Crippen LogP contribution in [0.1, 0.15) is 25.3 Å². The monoisotopic (exact) mass is 211 g/mol. The first-order valence-electron chi connectivity index (χ1n) is 5.50. The van der Waals surface area contributed by atoms with Crippen molar-refractivity contribution < 1.29 is 4.74 Å². The molecular formula is C15H15O. The van der Waals surface area contributed by atoms with Crippen LogP contribution in [0.4, 0.5) is 0 Å². The summed E-state index contributed by atoms with van der Waals surface area (Å²) in [6.45, 7) is 4.34. The summed E-state index contributed by atoms with van der Waals surface area (Å²) >= 11 is 0. The van der Waals surface area contributed by atoms with Crippen LogP contribution in [-0.4, -0.2) is 0 Å². The van der Waals surface area contributed by atoms with Gasteiger partial charge in [-0.05, 0) is 35.7 Å². The molecule has 2 rings (SSSR count). The molecule has 0 bridgehead atoms. The number of benzene rings is 2. The summed E-state index contributed by atoms with van der Waals surface area (Å²) in [5.41, 5.74) is 1.23. The van der Waals surface area contributed by atoms with E-state index >= 15 is 0 Å². The molecule has 0 N–H and O–H groups in total. The van der Waals surface area contributed by atoms with Crippen LogP contribution in [0.3, 0.4) is 0 Å². The SMILES string of the molecule is CC(C)c1ccccc1Oc1cc[c]cc1. The standard InChI is InChI=1S/C15H15O/c1-12(2)14-10-6-7-11-15(14)16-13-8-4-3-5-9-13/h4-12H,1-2H3. The van der Waals surface area contributed by atoms with E-state index in [1.165, 1.54) is 5.56 Å². The van der Waals surface area contributed by atoms with Crippen molar-refractivity contribution in [3.63, 3.8) is 0 Å². The van der Waals surface area contributed by atoms with Gasteiger partial charge in [0, 0.05) is 0 Å². The van der Waals surface area contributed by atoms with Gasteiger partial charge in [-0.1, -0.05) is 44.2 Å². The molecule has 0 heterocycles. The van der Waals surface area contributed by atoms with Gasteiger partial charge in [-0.2, -0.15) is 0 Å². The maximum Gasteiger partial charge on any atom is 0.130 e. The van der Waals surface area contributed by atoms with E-state index in [0.717, 1.165) is 11.5 Å². The van der Waals surface area contributed by atoms with E-state index in [4.69, 9.17) is 4.74 Å². The van der Waals surface area contributed by atoms with Crippen molar-refractivity contribution >= 4 is 0 Å². The zero-order valence-electron chi connectivity index (χ0n) is 9.60. The second-order valence-corrected chi connectivity index (χ2v) is 4.03. The van der Waals surface area contributed by atoms with Crippen LogP contribution < -0.4 is 4.74 Å². The van der Waals surface area contributed by atoms with Crippen molar-refractivity contribution in [2.24, 2.45) is 0 Å². The van der Waals surface area contributed by atoms with Gasteiger partial charge in [0.25, 0.3) is 0 Å². The molecule has 0 aliphatic carbocycles. The van der Waals surface area contributed by atoms with E-state index in [2.05, 4.69) is 26.0 Å². The first kappa shape index (κ1) is 10.7. The van der Waals surface area contributed by atoms with Crippen molar-refractivity contribution in [3.05, 3.63) is 60.2 Å². The molecule has 16 heavy (non-hydrogen) atoms. The fraction of sp³-hybridized carbons (Fsp3) is 0.200. The first-order chi connectivity index (χ1) is 7.77. The smallest absolute Gasteiger partial charge is 0.130 e. The molecule has 2 aromatic rings. The fourth-order valence-electron chi connectivity index (χ4n) is 1.62. The third-order valence-corrected chi connectivity index (χ3v) is 2.46. The molecule has 0 aliphatic heterocycles. The van der Waals surface area contributed by atoms with Gasteiger partial charge in [0.15, 0.2) is 0 Å². The van der Waals surface area contributed by atoms with E-state index in [9.17, 15) is 0 Å². The second-order valence-electron chi connectivity index (χ2n) is 4.03. The van der Waals surface area contributed by atoms with E-state index in [1.807, 2.05) is 42.5 Å². The minimum atomic E-state index is 0.464. The van der Waals surface area contributed by atoms with Gasteiger partial charge >= 0.3 is 0 Å². The molecule has 0 atom stereocenters. The highest BCUT2D eigenvalue weighted by atomic mass is 16.5. The topological polar surface area (TPSA) is 9.23 Å². The summed E-state index contributed by atoms with van der Waals surface area (Å²) < 4.78 is 5.85. The van der Waals surface area contributed by atoms with Gasteiger partial charge < -0.3 is 4.74 Å². The summed E-state index contributed by atoms with van der Waals surface area (Å²) in [6, 6.07) is 18.7. The van der Waals surface area contributed by atoms with Gasteiger partial charge in [0.1, 0.15) is 11.5 Å². The zero-order valence-corrected chi connectivity index (χ0v) is 9.60. The summed E-state index contributed by atoms with van der Waals surface area (Å²) in [5.74, 6) is 2.25. The number of hydrogen-bond acceptors (Lipinski definition) is 1. The molecule has 0 fully saturated rings. The van der Waals surface area contributed by atoms with Crippen LogP contribution >= 0.6 is 0 Å². The Balaban J connectivity index is 2.28. The van der Waals surface area contributed by atoms with Gasteiger partial charge in [0.2, 0.25) is 0 Å². The quantitative estimate of drug-likeness (QED) is 0.731. The van der Waals surface area contributed by atoms with Gasteiger partial charge in [-0.15, -0.1) is 0 Å². The van der Waals surface area contributed by atoms with Crippen LogP contribution in [0, 0.1) is 6.07 Å². The van der Waals surface area contributed by atoms with Gasteiger partial charge in [-0.25, -0.2) is 0 Å². The Morgan fingerprint density at radius 1 is 1.00 bits per heavy atom. The molecule has 0 aliphatic rings. The zero-order chi connectivity index (χ0) is 11.4. The molecule has 0 spiro atoms. The molecule has 1 radical (unpaired) electrons. The number of rotatable bonds is 3. The third kappa shape index (κ3) is 2.43. The Kier molecular flexibility index (Phi) is 3.25. The molecule has 0 amide bonds. The predicted octanol–water partition coefficient (Wildman–Crippen LogP) is 4.40. The average molecular weight is 211 g/mol. The van der Waals surface area contributed by atoms with E-state index in [1.54, 1.807) is 0 Å². The Labute approximate surface area is 96.7 Å². The molecule has 2 aromatic carbocycles. The number of para-hydroxylation sites is 1. The molecule has 0 aromatic heterocycles. The van der Waals surface area contributed by atoms with Crippen LogP contribution in [0.15, 0.2) is 48.5 Å². The minimum Gasteiger partial charge on any atom is -0.457 e. The summed E-state index contributed by atoms with van der Waals surface area (Å²) in [6.07, 6.45) is 0. The van der Waals surface area contributed by atoms with E-state index in [-0.39, 0.29) is 0 Å². The average Bonchev–Trinajstić information content (AvgIpc) is 2.31. The third-order valence-electron chi connectivity index (χ3n) is 2.46. The molecule has 0 unspecified atom stereocenters. The Morgan fingerprint density at radius 3 is 2.38 bits per heavy atom. The maximum atomic E-state index is 5.85. The summed E-state index contributed by atoms with van der Waals surface area (Å²) in [4.78, 5) is 0. The lowest BCUT2D eigenvalue weighted by Gasteiger charge is -2.13. The Hall–Kier alpha value is -1.76. The second kappa shape index (κ2) is 4.84. The van der Waals surface area contributed by atoms with Gasteiger partial charge in [0.05, 0.1) is 0 Å². The lowest BCUT2D eigenvalue weighted by molar-refractivity contribution is 0.473. The number of hydrogen-bond donors (Lipinski definition) is 0. The molecule has 0 saturated heterocycles. The van der Waals surface area contributed by atoms with Crippen LogP contribution in [0.2, 0.25) is 0 Å². The van der Waals surface area contributed by atoms with E-state index < -0.39 is 0 Å². The Morgan fingerprint density at radius 2 is 1.69 bits per heavy atom. The van der Waals surface area contributed by atoms with Crippen LogP contribution in [-0.2, 0) is 0 Å². The highest BCUT2D eigenvalue weighted by molar-refractivity contribution is 5.39. The van der Waals surface area contributed by atoms with Crippen molar-refractivity contribution in [3.8, 4) is 11.5 Å². The van der Waals surface area contributed by atoms with Crippen molar-refractivity contribution in [1.29, 1.82) is 0 Å². The van der Waals surface area contributed by atoms with Crippen LogP contribution in [0.5, 0.6) is 11.5 Å². The molecule has 1 nitrogen and oxygen atoms in total. The van der Waals surface area contributed by atoms with Crippen molar-refractivity contribution in [1.82, 2.24) is 0 Å². The normalized spacial score (nSPS) is 10.4. The lowest BCUT2D eigenvalue weighted by Crippen LogP contribution is -1.93. The summed E-state index contributed by atoms with van der Waals surface area (Å²) in [7, 11) is 0. The maximum absolute atomic E-state index is 5.85. The van der Waals surface area contributed by atoms with Crippen molar-refractivity contribution in [2.75, 3.05) is 0 Å². The van der Waals surface area contributed by atoms with Crippen molar-refractivity contribution in [2.45, 2.75) is 19.8 Å². The predicted molar refractivity (Wildman–Crippen MR) is 65.9 cm³/mol. The molecular weight excluding hydrogens is 196 g/mol. The molecule has 1 heteroatoms. The molecule has 81 valence electrons. The lowest BCUT2D eigenvalue weighted by atomic mass is 10.0. The Bertz CT molecular complexity index is 446. The fourth-order valence-corrected chi connectivity index (χ4v) is 1.62.